The van der Waals surface area contributed by atoms with E-state index in [-0.39, 0.29) is 11.7 Å². The van der Waals surface area contributed by atoms with Crippen LogP contribution in [0.2, 0.25) is 0 Å². The standard InChI is InChI=1S/C19H28BrNO3/c1-24-18-14-16(11-12-17(18)22)15-21-19(23)10-8-6-4-2-3-5-7-9-13-20/h9,11-14,22H,2-8,10,15H2,1H3,(H,21,23)/b13-9+. The molecule has 5 heteroatoms. The molecule has 0 spiro atoms. The molecule has 134 valence electrons. The second-order valence-corrected chi connectivity index (χ2v) is 6.33. The third kappa shape index (κ3) is 8.96. The molecule has 0 aromatic heterocycles. The molecule has 1 aromatic rings. The van der Waals surface area contributed by atoms with Gasteiger partial charge in [-0.05, 0) is 41.9 Å². The van der Waals surface area contributed by atoms with E-state index >= 15 is 0 Å². The minimum atomic E-state index is 0.0736. The molecule has 0 bridgehead atoms. The molecule has 0 unspecified atom stereocenters. The Kier molecular flexibility index (Phi) is 11.0. The summed E-state index contributed by atoms with van der Waals surface area (Å²) in [5.74, 6) is 0.605. The number of phenols is 1. The van der Waals surface area contributed by atoms with Crippen molar-refractivity contribution in [3.05, 3.63) is 34.8 Å². The molecule has 24 heavy (non-hydrogen) atoms. The number of rotatable bonds is 12. The van der Waals surface area contributed by atoms with Gasteiger partial charge >= 0.3 is 0 Å². The number of carbonyl (C=O) groups excluding carboxylic acids is 1. The number of ether oxygens (including phenoxy) is 1. The van der Waals surface area contributed by atoms with Gasteiger partial charge in [-0.3, -0.25) is 4.79 Å². The number of benzene rings is 1. The molecular weight excluding hydrogens is 370 g/mol. The molecule has 0 saturated carbocycles. The number of halogens is 1. The van der Waals surface area contributed by atoms with E-state index in [9.17, 15) is 9.90 Å². The van der Waals surface area contributed by atoms with E-state index in [1.54, 1.807) is 18.2 Å². The van der Waals surface area contributed by atoms with E-state index in [0.717, 1.165) is 24.8 Å². The highest BCUT2D eigenvalue weighted by molar-refractivity contribution is 9.11. The van der Waals surface area contributed by atoms with Crippen molar-refractivity contribution in [1.29, 1.82) is 0 Å². The van der Waals surface area contributed by atoms with Crippen molar-refractivity contribution in [2.75, 3.05) is 7.11 Å². The molecule has 0 aliphatic rings. The molecule has 2 N–H and O–H groups in total. The number of nitrogens with one attached hydrogen (secondary N) is 1. The molecule has 1 amide bonds. The molecule has 0 aliphatic heterocycles. The summed E-state index contributed by atoms with van der Waals surface area (Å²) in [4.78, 5) is 13.8. The van der Waals surface area contributed by atoms with Crippen molar-refractivity contribution in [2.45, 2.75) is 57.9 Å². The normalized spacial score (nSPS) is 10.9. The van der Waals surface area contributed by atoms with Crippen LogP contribution in [0.15, 0.2) is 29.3 Å². The molecule has 0 fully saturated rings. The highest BCUT2D eigenvalue weighted by Gasteiger charge is 2.05. The largest absolute Gasteiger partial charge is 0.504 e. The van der Waals surface area contributed by atoms with Gasteiger partial charge in [-0.15, -0.1) is 0 Å². The van der Waals surface area contributed by atoms with Crippen LogP contribution < -0.4 is 10.1 Å². The molecule has 0 aliphatic carbocycles. The second-order valence-electron chi connectivity index (χ2n) is 5.80. The van der Waals surface area contributed by atoms with Crippen molar-refractivity contribution >= 4 is 21.8 Å². The molecular formula is C19H28BrNO3. The van der Waals surface area contributed by atoms with E-state index in [0.29, 0.717) is 18.7 Å². The average molecular weight is 398 g/mol. The van der Waals surface area contributed by atoms with Crippen LogP contribution in [0.1, 0.15) is 56.9 Å². The Morgan fingerprint density at radius 3 is 2.62 bits per heavy atom. The van der Waals surface area contributed by atoms with E-state index in [4.69, 9.17) is 4.74 Å². The summed E-state index contributed by atoms with van der Waals surface area (Å²) in [6.07, 6.45) is 10.8. The van der Waals surface area contributed by atoms with Crippen molar-refractivity contribution in [3.63, 3.8) is 0 Å². The topological polar surface area (TPSA) is 58.6 Å². The highest BCUT2D eigenvalue weighted by atomic mass is 79.9. The predicted octanol–water partition coefficient (Wildman–Crippen LogP) is 5.05. The molecule has 0 radical (unpaired) electrons. The van der Waals surface area contributed by atoms with Crippen molar-refractivity contribution in [3.8, 4) is 11.5 Å². The van der Waals surface area contributed by atoms with Gasteiger partial charge in [-0.1, -0.05) is 53.8 Å². The zero-order chi connectivity index (χ0) is 17.6. The second kappa shape index (κ2) is 12.9. The fourth-order valence-corrected chi connectivity index (χ4v) is 2.70. The van der Waals surface area contributed by atoms with E-state index in [2.05, 4.69) is 27.3 Å². The van der Waals surface area contributed by atoms with Crippen LogP contribution in [0.25, 0.3) is 0 Å². The zero-order valence-electron chi connectivity index (χ0n) is 14.4. The van der Waals surface area contributed by atoms with Crippen LogP contribution in [0.4, 0.5) is 0 Å². The maximum Gasteiger partial charge on any atom is 0.220 e. The lowest BCUT2D eigenvalue weighted by atomic mass is 10.1. The van der Waals surface area contributed by atoms with Gasteiger partial charge in [-0.25, -0.2) is 0 Å². The summed E-state index contributed by atoms with van der Waals surface area (Å²) in [5.41, 5.74) is 0.913. The van der Waals surface area contributed by atoms with Crippen LogP contribution in [-0.4, -0.2) is 18.1 Å². The average Bonchev–Trinajstić information content (AvgIpc) is 2.59. The SMILES string of the molecule is COc1cc(CNC(=O)CCCCCCCC/C=C/Br)ccc1O. The lowest BCUT2D eigenvalue weighted by Gasteiger charge is -2.08. The van der Waals surface area contributed by atoms with Gasteiger partial charge in [0.1, 0.15) is 0 Å². The fraction of sp³-hybridized carbons (Fsp3) is 0.526. The lowest BCUT2D eigenvalue weighted by Crippen LogP contribution is -2.22. The molecule has 0 atom stereocenters. The van der Waals surface area contributed by atoms with Crippen molar-refractivity contribution < 1.29 is 14.6 Å². The Balaban J connectivity index is 2.08. The van der Waals surface area contributed by atoms with Gasteiger partial charge in [0, 0.05) is 13.0 Å². The Labute approximate surface area is 153 Å². The number of amides is 1. The number of unbranched alkanes of at least 4 members (excludes halogenated alkanes) is 6. The Bertz CT molecular complexity index is 517. The van der Waals surface area contributed by atoms with E-state index < -0.39 is 0 Å². The smallest absolute Gasteiger partial charge is 0.220 e. The zero-order valence-corrected chi connectivity index (χ0v) is 16.0. The number of carbonyl (C=O) groups is 1. The summed E-state index contributed by atoms with van der Waals surface area (Å²) in [6.45, 7) is 0.455. The van der Waals surface area contributed by atoms with Crippen LogP contribution >= 0.6 is 15.9 Å². The van der Waals surface area contributed by atoms with Crippen LogP contribution in [0.3, 0.4) is 0 Å². The Morgan fingerprint density at radius 2 is 1.92 bits per heavy atom. The number of phenolic OH excluding ortho intramolecular Hbond substituents is 1. The van der Waals surface area contributed by atoms with Crippen LogP contribution in [0.5, 0.6) is 11.5 Å². The van der Waals surface area contributed by atoms with Crippen molar-refractivity contribution in [1.82, 2.24) is 5.32 Å². The molecule has 1 rings (SSSR count). The van der Waals surface area contributed by atoms with Crippen LogP contribution in [0, 0.1) is 0 Å². The lowest BCUT2D eigenvalue weighted by molar-refractivity contribution is -0.121. The number of methoxy groups -OCH3 is 1. The molecule has 0 heterocycles. The van der Waals surface area contributed by atoms with E-state index in [1.165, 1.54) is 32.8 Å². The first-order valence-corrected chi connectivity index (χ1v) is 9.46. The highest BCUT2D eigenvalue weighted by Crippen LogP contribution is 2.26. The number of hydrogen-bond acceptors (Lipinski definition) is 3. The summed E-state index contributed by atoms with van der Waals surface area (Å²) < 4.78 is 5.06. The van der Waals surface area contributed by atoms with Gasteiger partial charge in [0.15, 0.2) is 11.5 Å². The Hall–Kier alpha value is -1.49. The summed E-state index contributed by atoms with van der Waals surface area (Å²) >= 11 is 3.27. The maximum atomic E-state index is 11.8. The third-order valence-electron chi connectivity index (χ3n) is 3.85. The van der Waals surface area contributed by atoms with Gasteiger partial charge in [0.05, 0.1) is 7.11 Å². The number of hydrogen-bond donors (Lipinski definition) is 2. The van der Waals surface area contributed by atoms with Gasteiger partial charge in [0.25, 0.3) is 0 Å². The monoisotopic (exact) mass is 397 g/mol. The minimum absolute atomic E-state index is 0.0736. The first-order chi connectivity index (χ1) is 11.7. The quantitative estimate of drug-likeness (QED) is 0.485. The molecule has 1 aromatic carbocycles. The molecule has 4 nitrogen and oxygen atoms in total. The van der Waals surface area contributed by atoms with Gasteiger partial charge < -0.3 is 15.2 Å². The minimum Gasteiger partial charge on any atom is -0.504 e. The first kappa shape index (κ1) is 20.6. The van der Waals surface area contributed by atoms with Crippen molar-refractivity contribution in [2.24, 2.45) is 0 Å². The Morgan fingerprint density at radius 1 is 1.21 bits per heavy atom. The van der Waals surface area contributed by atoms with Gasteiger partial charge in [0.2, 0.25) is 5.91 Å². The first-order valence-electron chi connectivity index (χ1n) is 8.55. The number of allylic oxidation sites excluding steroid dienone is 1. The summed E-state index contributed by atoms with van der Waals surface area (Å²) in [7, 11) is 1.51. The van der Waals surface area contributed by atoms with E-state index in [1.807, 2.05) is 4.99 Å². The summed E-state index contributed by atoms with van der Waals surface area (Å²) in [5, 5.41) is 12.4. The third-order valence-corrected chi connectivity index (χ3v) is 4.22. The van der Waals surface area contributed by atoms with Gasteiger partial charge in [-0.2, -0.15) is 0 Å². The predicted molar refractivity (Wildman–Crippen MR) is 102 cm³/mol. The fourth-order valence-electron chi connectivity index (χ4n) is 2.44. The van der Waals surface area contributed by atoms with Crippen LogP contribution in [-0.2, 0) is 11.3 Å². The molecule has 0 saturated heterocycles. The maximum absolute atomic E-state index is 11.8. The number of aromatic hydroxyl groups is 1. The summed E-state index contributed by atoms with van der Waals surface area (Å²) in [6, 6.07) is 5.09.